The number of benzene rings is 3. The minimum Gasteiger partial charge on any atom is -0.494 e. The fraction of sp³-hybridized carbons (Fsp3) is 0.273. The number of carbonyl (C=O) groups excluding carboxylic acids is 2. The summed E-state index contributed by atoms with van der Waals surface area (Å²) in [6.45, 7) is 11.1. The monoisotopic (exact) mass is 576 g/mol. The molecule has 3 aromatic rings. The minimum atomic E-state index is -0.497. The van der Waals surface area contributed by atoms with E-state index in [9.17, 15) is 9.59 Å². The molecule has 9 nitrogen and oxygen atoms in total. The zero-order valence-electron chi connectivity index (χ0n) is 23.8. The van der Waals surface area contributed by atoms with Gasteiger partial charge in [-0.25, -0.2) is 9.59 Å². The van der Waals surface area contributed by atoms with E-state index in [-0.39, 0.29) is 13.4 Å². The van der Waals surface area contributed by atoms with Crippen LogP contribution in [-0.2, 0) is 14.3 Å². The number of carbonyl (C=O) groups is 2. The first-order valence-corrected chi connectivity index (χ1v) is 13.5. The normalized spacial score (nSPS) is 10.3. The second-order valence-corrected chi connectivity index (χ2v) is 8.86. The maximum absolute atomic E-state index is 12.6. The van der Waals surface area contributed by atoms with E-state index in [0.29, 0.717) is 61.4 Å². The lowest BCUT2D eigenvalue weighted by Gasteiger charge is -2.12. The van der Waals surface area contributed by atoms with Gasteiger partial charge in [0.05, 0.1) is 38.6 Å². The molecule has 0 heterocycles. The Bertz CT molecular complexity index is 1280. The average Bonchev–Trinajstić information content (AvgIpc) is 3.00. The second kappa shape index (κ2) is 17.8. The molecule has 0 aliphatic heterocycles. The first kappa shape index (κ1) is 31.8. The second-order valence-electron chi connectivity index (χ2n) is 8.86. The van der Waals surface area contributed by atoms with Crippen LogP contribution < -0.4 is 23.7 Å². The molecule has 0 bridgehead atoms. The lowest BCUT2D eigenvalue weighted by Crippen LogP contribution is -2.10. The van der Waals surface area contributed by atoms with E-state index in [2.05, 4.69) is 13.2 Å². The Labute approximate surface area is 246 Å². The highest BCUT2D eigenvalue weighted by atomic mass is 16.7. The topological polar surface area (TPSA) is 98.8 Å². The quantitative estimate of drug-likeness (QED) is 0.0419. The third-order valence-corrected chi connectivity index (χ3v) is 5.62. The highest BCUT2D eigenvalue weighted by Gasteiger charge is 2.11. The number of aryl methyl sites for hydroxylation is 1. The largest absolute Gasteiger partial charge is 0.494 e. The van der Waals surface area contributed by atoms with Gasteiger partial charge >= 0.3 is 11.9 Å². The van der Waals surface area contributed by atoms with Gasteiger partial charge in [0.1, 0.15) is 28.7 Å². The lowest BCUT2D eigenvalue weighted by molar-refractivity contribution is -0.137. The van der Waals surface area contributed by atoms with Gasteiger partial charge in [0, 0.05) is 18.9 Å². The van der Waals surface area contributed by atoms with Gasteiger partial charge in [-0.05, 0) is 79.2 Å². The third kappa shape index (κ3) is 11.4. The van der Waals surface area contributed by atoms with Gasteiger partial charge in [0.15, 0.2) is 0 Å². The van der Waals surface area contributed by atoms with Crippen LogP contribution in [0.4, 0.5) is 0 Å². The lowest BCUT2D eigenvalue weighted by atomic mass is 10.2. The molecular formula is C33H36O9. The Hall–Kier alpha value is -4.76. The summed E-state index contributed by atoms with van der Waals surface area (Å²) in [5.41, 5.74) is 1.16. The van der Waals surface area contributed by atoms with Gasteiger partial charge < -0.3 is 33.2 Å². The van der Waals surface area contributed by atoms with E-state index < -0.39 is 11.9 Å². The minimum absolute atomic E-state index is 0.00914. The molecule has 0 unspecified atom stereocenters. The van der Waals surface area contributed by atoms with Crippen LogP contribution in [0.1, 0.15) is 28.8 Å². The van der Waals surface area contributed by atoms with Gasteiger partial charge in [-0.2, -0.15) is 0 Å². The standard InChI is InChI=1S/C33H36O9/c1-4-18-36-19-6-20-37-28-12-14-29(15-13-28)40-24-41-31-17-16-30(23-25(31)3)42-33(35)26-8-10-27(11-9-26)38-21-7-22-39-32(34)5-2/h4-5,8-17,23H,1-2,6-7,18-22,24H2,3H3. The molecule has 0 radical (unpaired) electrons. The van der Waals surface area contributed by atoms with Crippen LogP contribution in [0.3, 0.4) is 0 Å². The van der Waals surface area contributed by atoms with Gasteiger partial charge in [-0.15, -0.1) is 6.58 Å². The van der Waals surface area contributed by atoms with Crippen LogP contribution in [-0.4, -0.2) is 51.8 Å². The molecule has 0 aromatic heterocycles. The molecule has 0 aliphatic carbocycles. The van der Waals surface area contributed by atoms with E-state index in [1.807, 2.05) is 31.2 Å². The van der Waals surface area contributed by atoms with Crippen molar-refractivity contribution in [3.8, 4) is 28.7 Å². The molecule has 3 aromatic carbocycles. The molecule has 0 saturated heterocycles. The van der Waals surface area contributed by atoms with Gasteiger partial charge in [-0.1, -0.05) is 12.7 Å². The SMILES string of the molecule is C=CCOCCCOc1ccc(OCOc2ccc(OC(=O)c3ccc(OCCCOC(=O)C=C)cc3)cc2C)cc1. The molecular weight excluding hydrogens is 540 g/mol. The highest BCUT2D eigenvalue weighted by Crippen LogP contribution is 2.25. The summed E-state index contributed by atoms with van der Waals surface area (Å²) >= 11 is 0. The molecule has 0 amide bonds. The number of esters is 2. The first-order chi connectivity index (χ1) is 20.5. The van der Waals surface area contributed by atoms with E-state index in [4.69, 9.17) is 33.2 Å². The molecule has 222 valence electrons. The Morgan fingerprint density at radius 1 is 0.714 bits per heavy atom. The molecule has 0 fully saturated rings. The van der Waals surface area contributed by atoms with Crippen molar-refractivity contribution in [3.05, 3.63) is 103 Å². The molecule has 0 spiro atoms. The van der Waals surface area contributed by atoms with Crippen LogP contribution in [0.25, 0.3) is 0 Å². The Balaban J connectivity index is 1.37. The van der Waals surface area contributed by atoms with Crippen molar-refractivity contribution in [1.29, 1.82) is 0 Å². The Morgan fingerprint density at radius 3 is 1.93 bits per heavy atom. The van der Waals surface area contributed by atoms with Crippen molar-refractivity contribution in [2.24, 2.45) is 0 Å². The van der Waals surface area contributed by atoms with Crippen molar-refractivity contribution in [2.75, 3.05) is 39.8 Å². The van der Waals surface area contributed by atoms with Crippen LogP contribution in [0.15, 0.2) is 92.0 Å². The average molecular weight is 577 g/mol. The molecule has 3 rings (SSSR count). The molecule has 0 atom stereocenters. The van der Waals surface area contributed by atoms with E-state index in [0.717, 1.165) is 23.8 Å². The van der Waals surface area contributed by atoms with Gasteiger partial charge in [0.25, 0.3) is 0 Å². The zero-order valence-corrected chi connectivity index (χ0v) is 23.8. The number of hydrogen-bond acceptors (Lipinski definition) is 9. The third-order valence-electron chi connectivity index (χ3n) is 5.62. The highest BCUT2D eigenvalue weighted by molar-refractivity contribution is 5.91. The van der Waals surface area contributed by atoms with Crippen LogP contribution >= 0.6 is 0 Å². The Morgan fingerprint density at radius 2 is 1.31 bits per heavy atom. The van der Waals surface area contributed by atoms with Crippen LogP contribution in [0, 0.1) is 6.92 Å². The summed E-state index contributed by atoms with van der Waals surface area (Å²) in [4.78, 5) is 23.6. The predicted octanol–water partition coefficient (Wildman–Crippen LogP) is 6.10. The smallest absolute Gasteiger partial charge is 0.343 e. The Kier molecular flexibility index (Phi) is 13.5. The van der Waals surface area contributed by atoms with Crippen molar-refractivity contribution in [3.63, 3.8) is 0 Å². The van der Waals surface area contributed by atoms with Crippen molar-refractivity contribution in [1.82, 2.24) is 0 Å². The van der Waals surface area contributed by atoms with E-state index in [1.54, 1.807) is 48.5 Å². The summed E-state index contributed by atoms with van der Waals surface area (Å²) in [6, 6.07) is 19.0. The van der Waals surface area contributed by atoms with Crippen molar-refractivity contribution in [2.45, 2.75) is 19.8 Å². The maximum Gasteiger partial charge on any atom is 0.343 e. The summed E-state index contributed by atoms with van der Waals surface area (Å²) < 4.78 is 38.4. The predicted molar refractivity (Wildman–Crippen MR) is 158 cm³/mol. The van der Waals surface area contributed by atoms with E-state index in [1.165, 1.54) is 0 Å². The summed E-state index contributed by atoms with van der Waals surface area (Å²) in [5, 5.41) is 0. The molecule has 0 N–H and O–H groups in total. The van der Waals surface area contributed by atoms with Gasteiger partial charge in [0.2, 0.25) is 6.79 Å². The van der Waals surface area contributed by atoms with Gasteiger partial charge in [-0.3, -0.25) is 0 Å². The fourth-order valence-electron chi connectivity index (χ4n) is 3.49. The molecule has 42 heavy (non-hydrogen) atoms. The number of rotatable bonds is 19. The summed E-state index contributed by atoms with van der Waals surface area (Å²) in [7, 11) is 0. The number of hydrogen-bond donors (Lipinski definition) is 0. The van der Waals surface area contributed by atoms with E-state index >= 15 is 0 Å². The number of ether oxygens (including phenoxy) is 7. The first-order valence-electron chi connectivity index (χ1n) is 13.5. The van der Waals surface area contributed by atoms with Crippen molar-refractivity contribution >= 4 is 11.9 Å². The van der Waals surface area contributed by atoms with Crippen LogP contribution in [0.2, 0.25) is 0 Å². The molecule has 9 heteroatoms. The molecule has 0 aliphatic rings. The fourth-order valence-corrected chi connectivity index (χ4v) is 3.49. The van der Waals surface area contributed by atoms with Crippen molar-refractivity contribution < 1.29 is 42.7 Å². The molecule has 0 saturated carbocycles. The maximum atomic E-state index is 12.6. The van der Waals surface area contributed by atoms with Crippen LogP contribution in [0.5, 0.6) is 28.7 Å². The summed E-state index contributed by atoms with van der Waals surface area (Å²) in [5.74, 6) is 2.01. The zero-order chi connectivity index (χ0) is 30.0. The summed E-state index contributed by atoms with van der Waals surface area (Å²) in [6.07, 6.45) is 4.16.